The van der Waals surface area contributed by atoms with Crippen LogP contribution < -0.4 is 5.32 Å². The van der Waals surface area contributed by atoms with Crippen molar-refractivity contribution in [1.82, 2.24) is 5.32 Å². The Balaban J connectivity index is 2.13. The normalized spacial score (nSPS) is 30.4. The van der Waals surface area contributed by atoms with E-state index in [9.17, 15) is 0 Å². The average Bonchev–Trinajstić information content (AvgIpc) is 1.90. The van der Waals surface area contributed by atoms with Gasteiger partial charge in [0.1, 0.15) is 6.23 Å². The maximum absolute atomic E-state index is 5.05. The first-order valence-electron chi connectivity index (χ1n) is 2.70. The van der Waals surface area contributed by atoms with Gasteiger partial charge in [0, 0.05) is 13.7 Å². The van der Waals surface area contributed by atoms with Crippen molar-refractivity contribution in [3.63, 3.8) is 0 Å². The lowest BCUT2D eigenvalue weighted by molar-refractivity contribution is -0.0430. The minimum atomic E-state index is -0.0104. The Morgan fingerprint density at radius 3 is 3.00 bits per heavy atom. The van der Waals surface area contributed by atoms with Crippen LogP contribution in [0.2, 0.25) is 0 Å². The molecule has 3 heteroatoms. The highest BCUT2D eigenvalue weighted by Gasteiger charge is 2.11. The second kappa shape index (κ2) is 3.02. The van der Waals surface area contributed by atoms with Gasteiger partial charge in [0.2, 0.25) is 0 Å². The summed E-state index contributed by atoms with van der Waals surface area (Å²) in [5.74, 6) is 0. The van der Waals surface area contributed by atoms with Crippen LogP contribution in [0.3, 0.4) is 0 Å². The van der Waals surface area contributed by atoms with Gasteiger partial charge >= 0.3 is 0 Å². The first kappa shape index (κ1) is 6.01. The summed E-state index contributed by atoms with van der Waals surface area (Å²) in [6.07, 6.45) is -0.0104. The molecule has 1 unspecified atom stereocenters. The Labute approximate surface area is 49.0 Å². The molecule has 47 valence electrons. The van der Waals surface area contributed by atoms with Gasteiger partial charge < -0.3 is 9.47 Å². The molecule has 0 aliphatic carbocycles. The Morgan fingerprint density at radius 2 is 2.62 bits per heavy atom. The van der Waals surface area contributed by atoms with Gasteiger partial charge in [-0.25, -0.2) is 5.32 Å². The van der Waals surface area contributed by atoms with Crippen molar-refractivity contribution in [3.05, 3.63) is 0 Å². The summed E-state index contributed by atoms with van der Waals surface area (Å²) in [5, 5.41) is 4.10. The summed E-state index contributed by atoms with van der Waals surface area (Å²) in [4.78, 5) is 0. The van der Waals surface area contributed by atoms with Crippen LogP contribution in [0.25, 0.3) is 0 Å². The molecule has 0 N–H and O–H groups in total. The SMILES string of the molecule is COC1COCC[N]1. The number of rotatable bonds is 1. The molecule has 0 saturated carbocycles. The monoisotopic (exact) mass is 116 g/mol. The van der Waals surface area contributed by atoms with Crippen LogP contribution in [0.4, 0.5) is 0 Å². The number of nitrogens with zero attached hydrogens (tertiary/aromatic N) is 1. The molecule has 8 heavy (non-hydrogen) atoms. The van der Waals surface area contributed by atoms with Crippen molar-refractivity contribution in [2.24, 2.45) is 0 Å². The topological polar surface area (TPSA) is 32.6 Å². The van der Waals surface area contributed by atoms with Gasteiger partial charge in [-0.05, 0) is 0 Å². The number of hydrogen-bond donors (Lipinski definition) is 0. The summed E-state index contributed by atoms with van der Waals surface area (Å²) in [6, 6.07) is 0. The minimum absolute atomic E-state index is 0.0104. The molecule has 1 fully saturated rings. The van der Waals surface area contributed by atoms with E-state index in [4.69, 9.17) is 9.47 Å². The fraction of sp³-hybridized carbons (Fsp3) is 1.00. The van der Waals surface area contributed by atoms with Crippen LogP contribution in [-0.2, 0) is 9.47 Å². The second-order valence-electron chi connectivity index (χ2n) is 1.67. The highest BCUT2D eigenvalue weighted by molar-refractivity contribution is 4.57. The average molecular weight is 116 g/mol. The number of hydrogen-bond acceptors (Lipinski definition) is 2. The molecule has 0 aromatic heterocycles. The molecule has 1 saturated heterocycles. The van der Waals surface area contributed by atoms with Gasteiger partial charge in [-0.2, -0.15) is 0 Å². The lowest BCUT2D eigenvalue weighted by Gasteiger charge is -2.19. The maximum atomic E-state index is 5.05. The first-order valence-corrected chi connectivity index (χ1v) is 2.70. The second-order valence-corrected chi connectivity index (χ2v) is 1.67. The lowest BCUT2D eigenvalue weighted by Crippen LogP contribution is -2.36. The molecule has 3 nitrogen and oxygen atoms in total. The third kappa shape index (κ3) is 1.43. The molecule has 1 radical (unpaired) electrons. The standard InChI is InChI=1S/C5H10NO2/c1-7-5-4-8-3-2-6-5/h5H,2-4H2,1H3. The highest BCUT2D eigenvalue weighted by Crippen LogP contribution is 1.93. The van der Waals surface area contributed by atoms with Crippen LogP contribution in [0.15, 0.2) is 0 Å². The smallest absolute Gasteiger partial charge is 0.146 e. The Morgan fingerprint density at radius 1 is 1.75 bits per heavy atom. The van der Waals surface area contributed by atoms with Crippen LogP contribution in [0.1, 0.15) is 0 Å². The minimum Gasteiger partial charge on any atom is -0.376 e. The Hall–Kier alpha value is -0.120. The van der Waals surface area contributed by atoms with Crippen LogP contribution in [0, 0.1) is 0 Å². The van der Waals surface area contributed by atoms with Crippen molar-refractivity contribution in [2.45, 2.75) is 6.23 Å². The zero-order chi connectivity index (χ0) is 5.82. The summed E-state index contributed by atoms with van der Waals surface area (Å²) in [5.41, 5.74) is 0. The fourth-order valence-electron chi connectivity index (χ4n) is 0.641. The van der Waals surface area contributed by atoms with Crippen molar-refractivity contribution < 1.29 is 9.47 Å². The Bertz CT molecular complexity index is 61.4. The summed E-state index contributed by atoms with van der Waals surface area (Å²) in [6.45, 7) is 2.15. The van der Waals surface area contributed by atoms with Gasteiger partial charge in [-0.1, -0.05) is 0 Å². The highest BCUT2D eigenvalue weighted by atomic mass is 16.5. The maximum Gasteiger partial charge on any atom is 0.146 e. The van der Waals surface area contributed by atoms with Gasteiger partial charge in [-0.15, -0.1) is 0 Å². The van der Waals surface area contributed by atoms with Crippen molar-refractivity contribution in [2.75, 3.05) is 26.9 Å². The zero-order valence-corrected chi connectivity index (χ0v) is 4.96. The van der Waals surface area contributed by atoms with Crippen molar-refractivity contribution >= 4 is 0 Å². The van der Waals surface area contributed by atoms with E-state index < -0.39 is 0 Å². The largest absolute Gasteiger partial charge is 0.376 e. The van der Waals surface area contributed by atoms with Crippen LogP contribution >= 0.6 is 0 Å². The molecule has 1 atom stereocenters. The predicted molar refractivity (Wildman–Crippen MR) is 28.6 cm³/mol. The molecule has 1 aliphatic heterocycles. The van der Waals surface area contributed by atoms with E-state index in [0.29, 0.717) is 6.61 Å². The quantitative estimate of drug-likeness (QED) is 0.466. The van der Waals surface area contributed by atoms with Gasteiger partial charge in [0.15, 0.2) is 0 Å². The van der Waals surface area contributed by atoms with Crippen LogP contribution in [-0.4, -0.2) is 33.1 Å². The first-order chi connectivity index (χ1) is 3.93. The molecule has 0 bridgehead atoms. The molecular weight excluding hydrogens is 106 g/mol. The molecule has 0 aromatic carbocycles. The molecule has 0 amide bonds. The number of methoxy groups -OCH3 is 1. The van der Waals surface area contributed by atoms with E-state index in [1.54, 1.807) is 7.11 Å². The third-order valence-corrected chi connectivity index (χ3v) is 1.10. The summed E-state index contributed by atoms with van der Waals surface area (Å²) < 4.78 is 9.95. The zero-order valence-electron chi connectivity index (χ0n) is 4.96. The molecule has 1 rings (SSSR count). The molecule has 0 aromatic rings. The van der Waals surface area contributed by atoms with Crippen molar-refractivity contribution in [3.8, 4) is 0 Å². The summed E-state index contributed by atoms with van der Waals surface area (Å²) >= 11 is 0. The lowest BCUT2D eigenvalue weighted by atomic mass is 10.5. The molecular formula is C5H10NO2. The molecule has 0 spiro atoms. The van der Waals surface area contributed by atoms with Crippen molar-refractivity contribution in [1.29, 1.82) is 0 Å². The third-order valence-electron chi connectivity index (χ3n) is 1.10. The Kier molecular flexibility index (Phi) is 2.27. The molecule has 1 heterocycles. The van der Waals surface area contributed by atoms with E-state index in [2.05, 4.69) is 5.32 Å². The number of ether oxygens (including phenoxy) is 2. The number of morpholine rings is 1. The van der Waals surface area contributed by atoms with E-state index in [0.717, 1.165) is 13.2 Å². The van der Waals surface area contributed by atoms with Gasteiger partial charge in [0.05, 0.1) is 13.2 Å². The van der Waals surface area contributed by atoms with E-state index in [1.807, 2.05) is 0 Å². The molecule has 1 aliphatic rings. The van der Waals surface area contributed by atoms with Gasteiger partial charge in [-0.3, -0.25) is 0 Å². The predicted octanol–water partition coefficient (Wildman–Crippen LogP) is -0.406. The van der Waals surface area contributed by atoms with Gasteiger partial charge in [0.25, 0.3) is 0 Å². The van der Waals surface area contributed by atoms with E-state index in [1.165, 1.54) is 0 Å². The van der Waals surface area contributed by atoms with E-state index >= 15 is 0 Å². The summed E-state index contributed by atoms with van der Waals surface area (Å²) in [7, 11) is 1.64. The van der Waals surface area contributed by atoms with E-state index in [-0.39, 0.29) is 6.23 Å². The fourth-order valence-corrected chi connectivity index (χ4v) is 0.641. The van der Waals surface area contributed by atoms with Crippen LogP contribution in [0.5, 0.6) is 0 Å².